The van der Waals surface area contributed by atoms with Crippen LogP contribution in [0.5, 0.6) is 0 Å². The lowest BCUT2D eigenvalue weighted by molar-refractivity contribution is 0.151. The van der Waals surface area contributed by atoms with Crippen LogP contribution in [0, 0.1) is 0 Å². The average Bonchev–Trinajstić information content (AvgIpc) is 2.63. The fourth-order valence-electron chi connectivity index (χ4n) is 1.26. The quantitative estimate of drug-likeness (QED) is 0.532. The third-order valence-electron chi connectivity index (χ3n) is 1.99. The maximum atomic E-state index is 5.47. The first kappa shape index (κ1) is 12.5. The summed E-state index contributed by atoms with van der Waals surface area (Å²) in [6.07, 6.45) is 4.93. The normalized spacial score (nSPS) is 10.8. The molecule has 0 atom stereocenters. The molecule has 5 heteroatoms. The number of aryl methyl sites for hydroxylation is 1. The summed E-state index contributed by atoms with van der Waals surface area (Å²) in [6.45, 7) is 3.18. The summed E-state index contributed by atoms with van der Waals surface area (Å²) in [5.41, 5.74) is 1.26. The van der Waals surface area contributed by atoms with Gasteiger partial charge < -0.3 is 10.1 Å². The predicted octanol–water partition coefficient (Wildman–Crippen LogP) is 0.808. The van der Waals surface area contributed by atoms with Crippen LogP contribution >= 0.6 is 11.6 Å². The minimum atomic E-state index is 0.565. The second-order valence-electron chi connectivity index (χ2n) is 3.32. The van der Waals surface area contributed by atoms with Gasteiger partial charge in [-0.2, -0.15) is 5.10 Å². The lowest BCUT2D eigenvalue weighted by atomic mass is 10.2. The molecule has 86 valence electrons. The number of alkyl halides is 1. The Labute approximate surface area is 95.6 Å². The highest BCUT2D eigenvalue weighted by Gasteiger charge is 1.95. The van der Waals surface area contributed by atoms with Gasteiger partial charge in [0.05, 0.1) is 19.4 Å². The number of ether oxygens (including phenoxy) is 1. The minimum absolute atomic E-state index is 0.565. The van der Waals surface area contributed by atoms with Gasteiger partial charge in [0.25, 0.3) is 0 Å². The number of nitrogens with one attached hydrogen (secondary N) is 1. The summed E-state index contributed by atoms with van der Waals surface area (Å²) in [6, 6.07) is 0. The third kappa shape index (κ3) is 5.77. The fraction of sp³-hybridized carbons (Fsp3) is 0.700. The molecule has 0 radical (unpaired) electrons. The number of aromatic nitrogens is 2. The Bertz CT molecular complexity index is 265. The molecule has 0 fully saturated rings. The van der Waals surface area contributed by atoms with E-state index in [2.05, 4.69) is 10.4 Å². The number of halogens is 1. The second-order valence-corrected chi connectivity index (χ2v) is 3.70. The molecular formula is C10H18ClN3O. The molecule has 1 heterocycles. The Morgan fingerprint density at radius 3 is 3.00 bits per heavy atom. The zero-order chi connectivity index (χ0) is 10.9. The SMILES string of the molecule is Cn1cc(CCNCCOCCCl)cn1. The Hall–Kier alpha value is -0.580. The number of rotatable bonds is 8. The molecule has 0 spiro atoms. The number of hydrogen-bond acceptors (Lipinski definition) is 3. The molecule has 0 aliphatic heterocycles. The van der Waals surface area contributed by atoms with E-state index < -0.39 is 0 Å². The van der Waals surface area contributed by atoms with E-state index in [1.54, 1.807) is 0 Å². The summed E-state index contributed by atoms with van der Waals surface area (Å²) in [5, 5.41) is 7.40. The van der Waals surface area contributed by atoms with Crippen LogP contribution in [0.4, 0.5) is 0 Å². The molecule has 0 aliphatic carbocycles. The first-order chi connectivity index (χ1) is 7.33. The minimum Gasteiger partial charge on any atom is -0.379 e. The van der Waals surface area contributed by atoms with E-state index >= 15 is 0 Å². The molecule has 1 rings (SSSR count). The molecule has 0 bridgehead atoms. The topological polar surface area (TPSA) is 39.1 Å². The molecule has 1 N–H and O–H groups in total. The summed E-state index contributed by atoms with van der Waals surface area (Å²) in [4.78, 5) is 0. The van der Waals surface area contributed by atoms with Crippen LogP contribution in [-0.2, 0) is 18.2 Å². The van der Waals surface area contributed by atoms with E-state index in [4.69, 9.17) is 16.3 Å². The van der Waals surface area contributed by atoms with E-state index in [9.17, 15) is 0 Å². The van der Waals surface area contributed by atoms with Crippen molar-refractivity contribution >= 4 is 11.6 Å². The van der Waals surface area contributed by atoms with Gasteiger partial charge >= 0.3 is 0 Å². The van der Waals surface area contributed by atoms with E-state index in [0.717, 1.165) is 26.1 Å². The summed E-state index contributed by atoms with van der Waals surface area (Å²) in [7, 11) is 1.93. The van der Waals surface area contributed by atoms with Crippen molar-refractivity contribution in [2.45, 2.75) is 6.42 Å². The predicted molar refractivity (Wildman–Crippen MR) is 61.3 cm³/mol. The highest BCUT2D eigenvalue weighted by atomic mass is 35.5. The largest absolute Gasteiger partial charge is 0.379 e. The van der Waals surface area contributed by atoms with E-state index in [1.165, 1.54) is 5.56 Å². The van der Waals surface area contributed by atoms with Crippen LogP contribution in [0.25, 0.3) is 0 Å². The highest BCUT2D eigenvalue weighted by molar-refractivity contribution is 6.17. The van der Waals surface area contributed by atoms with E-state index in [1.807, 2.05) is 24.1 Å². The van der Waals surface area contributed by atoms with Gasteiger partial charge in [-0.3, -0.25) is 4.68 Å². The van der Waals surface area contributed by atoms with Gasteiger partial charge in [-0.15, -0.1) is 11.6 Å². The first-order valence-electron chi connectivity index (χ1n) is 5.15. The zero-order valence-corrected chi connectivity index (χ0v) is 9.83. The van der Waals surface area contributed by atoms with Crippen molar-refractivity contribution < 1.29 is 4.74 Å². The summed E-state index contributed by atoms with van der Waals surface area (Å²) >= 11 is 5.47. The van der Waals surface area contributed by atoms with Crippen LogP contribution in [0.1, 0.15) is 5.56 Å². The standard InChI is InChI=1S/C10H18ClN3O/c1-14-9-10(8-13-14)2-4-12-5-7-15-6-3-11/h8-9,12H,2-7H2,1H3. The Kier molecular flexibility index (Phi) is 6.39. The maximum Gasteiger partial charge on any atom is 0.0602 e. The van der Waals surface area contributed by atoms with Crippen molar-refractivity contribution in [3.63, 3.8) is 0 Å². The Balaban J connectivity index is 1.93. The van der Waals surface area contributed by atoms with Gasteiger partial charge in [-0.1, -0.05) is 0 Å². The van der Waals surface area contributed by atoms with Crippen molar-refractivity contribution in [3.8, 4) is 0 Å². The van der Waals surface area contributed by atoms with Crippen molar-refractivity contribution in [1.82, 2.24) is 15.1 Å². The van der Waals surface area contributed by atoms with Crippen molar-refractivity contribution in [2.75, 3.05) is 32.2 Å². The summed E-state index contributed by atoms with van der Waals surface area (Å²) in [5.74, 6) is 0.565. The average molecular weight is 232 g/mol. The monoisotopic (exact) mass is 231 g/mol. The van der Waals surface area contributed by atoms with Crippen LogP contribution in [0.2, 0.25) is 0 Å². The molecular weight excluding hydrogens is 214 g/mol. The molecule has 15 heavy (non-hydrogen) atoms. The van der Waals surface area contributed by atoms with Crippen molar-refractivity contribution in [3.05, 3.63) is 18.0 Å². The Morgan fingerprint density at radius 1 is 1.47 bits per heavy atom. The summed E-state index contributed by atoms with van der Waals surface area (Å²) < 4.78 is 7.05. The first-order valence-corrected chi connectivity index (χ1v) is 5.68. The third-order valence-corrected chi connectivity index (χ3v) is 2.15. The van der Waals surface area contributed by atoms with Crippen LogP contribution in [0.3, 0.4) is 0 Å². The van der Waals surface area contributed by atoms with Crippen LogP contribution < -0.4 is 5.32 Å². The van der Waals surface area contributed by atoms with Crippen molar-refractivity contribution in [1.29, 1.82) is 0 Å². The fourth-order valence-corrected chi connectivity index (χ4v) is 1.37. The van der Waals surface area contributed by atoms with E-state index in [-0.39, 0.29) is 0 Å². The van der Waals surface area contributed by atoms with Gasteiger partial charge in [0.15, 0.2) is 0 Å². The molecule has 0 saturated heterocycles. The number of nitrogens with zero attached hydrogens (tertiary/aromatic N) is 2. The Morgan fingerprint density at radius 2 is 2.33 bits per heavy atom. The molecule has 4 nitrogen and oxygen atoms in total. The van der Waals surface area contributed by atoms with Gasteiger partial charge in [0, 0.05) is 25.7 Å². The lowest BCUT2D eigenvalue weighted by Crippen LogP contribution is -2.22. The zero-order valence-electron chi connectivity index (χ0n) is 9.08. The molecule has 1 aromatic rings. The van der Waals surface area contributed by atoms with E-state index in [0.29, 0.717) is 12.5 Å². The molecule has 0 amide bonds. The maximum absolute atomic E-state index is 5.47. The van der Waals surface area contributed by atoms with Gasteiger partial charge in [0.2, 0.25) is 0 Å². The highest BCUT2D eigenvalue weighted by Crippen LogP contribution is 1.95. The lowest BCUT2D eigenvalue weighted by Gasteiger charge is -2.03. The van der Waals surface area contributed by atoms with Gasteiger partial charge in [-0.25, -0.2) is 0 Å². The van der Waals surface area contributed by atoms with Crippen LogP contribution in [-0.4, -0.2) is 42.0 Å². The molecule has 1 aromatic heterocycles. The molecule has 0 unspecified atom stereocenters. The number of hydrogen-bond donors (Lipinski definition) is 1. The molecule has 0 aliphatic rings. The van der Waals surface area contributed by atoms with Crippen LogP contribution in [0.15, 0.2) is 12.4 Å². The molecule has 0 saturated carbocycles. The van der Waals surface area contributed by atoms with Crippen molar-refractivity contribution in [2.24, 2.45) is 7.05 Å². The van der Waals surface area contributed by atoms with Gasteiger partial charge in [-0.05, 0) is 18.5 Å². The van der Waals surface area contributed by atoms with Gasteiger partial charge in [0.1, 0.15) is 0 Å². The molecule has 0 aromatic carbocycles. The smallest absolute Gasteiger partial charge is 0.0602 e. The second kappa shape index (κ2) is 7.68.